The Balaban J connectivity index is 2.16. The van der Waals surface area contributed by atoms with Crippen molar-refractivity contribution >= 4 is 23.2 Å². The van der Waals surface area contributed by atoms with Crippen LogP contribution in [0.2, 0.25) is 0 Å². The summed E-state index contributed by atoms with van der Waals surface area (Å²) in [6.45, 7) is 7.34. The molecule has 2 N–H and O–H groups in total. The lowest BCUT2D eigenvalue weighted by atomic mass is 9.82. The van der Waals surface area contributed by atoms with E-state index in [1.54, 1.807) is 6.92 Å². The Kier molecular flexibility index (Phi) is 5.43. The van der Waals surface area contributed by atoms with Crippen molar-refractivity contribution in [3.63, 3.8) is 0 Å². The molecule has 1 amide bonds. The van der Waals surface area contributed by atoms with Crippen LogP contribution in [-0.2, 0) is 4.79 Å². The van der Waals surface area contributed by atoms with Gasteiger partial charge in [0.1, 0.15) is 10.6 Å². The van der Waals surface area contributed by atoms with E-state index in [1.165, 1.54) is 11.3 Å². The van der Waals surface area contributed by atoms with Crippen LogP contribution in [0, 0.1) is 19.3 Å². The van der Waals surface area contributed by atoms with E-state index in [1.807, 2.05) is 32.9 Å². The van der Waals surface area contributed by atoms with Crippen LogP contribution in [0.4, 0.5) is 0 Å². The Labute approximate surface area is 144 Å². The number of carbonyl (C=O) groups is 2. The first-order valence-electron chi connectivity index (χ1n) is 7.88. The number of hydrogen-bond donors (Lipinski definition) is 2. The zero-order valence-electron chi connectivity index (χ0n) is 14.3. The monoisotopic (exact) mass is 350 g/mol. The third-order valence-electron chi connectivity index (χ3n) is 4.35. The Hall–Kier alpha value is -2.15. The third-order valence-corrected chi connectivity index (χ3v) is 5.52. The lowest BCUT2D eigenvalue weighted by Crippen LogP contribution is -2.42. The van der Waals surface area contributed by atoms with E-state index in [9.17, 15) is 14.7 Å². The summed E-state index contributed by atoms with van der Waals surface area (Å²) < 4.78 is 5.54. The highest BCUT2D eigenvalue weighted by atomic mass is 32.1. The summed E-state index contributed by atoms with van der Waals surface area (Å²) in [5.41, 5.74) is -0.328. The van der Waals surface area contributed by atoms with Crippen LogP contribution in [0.3, 0.4) is 0 Å². The van der Waals surface area contributed by atoms with Gasteiger partial charge in [-0.25, -0.2) is 4.98 Å². The number of aliphatic carboxylic acids is 1. The largest absolute Gasteiger partial charge is 0.481 e. The highest BCUT2D eigenvalue weighted by molar-refractivity contribution is 7.17. The van der Waals surface area contributed by atoms with Crippen molar-refractivity contribution in [1.82, 2.24) is 10.3 Å². The van der Waals surface area contributed by atoms with Gasteiger partial charge in [-0.15, -0.1) is 11.3 Å². The zero-order valence-corrected chi connectivity index (χ0v) is 15.1. The summed E-state index contributed by atoms with van der Waals surface area (Å²) in [4.78, 5) is 28.8. The Bertz CT molecular complexity index is 744. The molecule has 0 aliphatic heterocycles. The standard InChI is InChI=1S/C17H22N2O4S/c1-5-17(6-2,16(21)22)9-18-14(20)13-11(4)19-15(24-13)12-8-7-10(3)23-12/h7-8H,5-6,9H2,1-4H3,(H,18,20)(H,21,22). The molecular formula is C17H22N2O4S. The van der Waals surface area contributed by atoms with Crippen LogP contribution in [0.15, 0.2) is 16.5 Å². The second kappa shape index (κ2) is 7.17. The van der Waals surface area contributed by atoms with E-state index in [2.05, 4.69) is 10.3 Å². The number of furan rings is 1. The van der Waals surface area contributed by atoms with Crippen molar-refractivity contribution < 1.29 is 19.1 Å². The third kappa shape index (κ3) is 3.51. The first kappa shape index (κ1) is 18.2. The molecule has 0 aliphatic rings. The first-order valence-corrected chi connectivity index (χ1v) is 8.70. The average Bonchev–Trinajstić information content (AvgIpc) is 3.14. The molecule has 0 bridgehead atoms. The summed E-state index contributed by atoms with van der Waals surface area (Å²) >= 11 is 1.24. The van der Waals surface area contributed by atoms with Gasteiger partial charge in [0.05, 0.1) is 11.1 Å². The number of carboxylic acid groups (broad SMARTS) is 1. The van der Waals surface area contributed by atoms with Gasteiger partial charge in [-0.3, -0.25) is 9.59 Å². The number of amides is 1. The minimum atomic E-state index is -0.935. The molecule has 2 heterocycles. The summed E-state index contributed by atoms with van der Waals surface area (Å²) in [5.74, 6) is 0.218. The molecule has 0 aromatic carbocycles. The van der Waals surface area contributed by atoms with Crippen LogP contribution in [-0.4, -0.2) is 28.5 Å². The van der Waals surface area contributed by atoms with Crippen molar-refractivity contribution in [2.75, 3.05) is 6.54 Å². The van der Waals surface area contributed by atoms with Gasteiger partial charge in [0.2, 0.25) is 0 Å². The SMILES string of the molecule is CCC(CC)(CNC(=O)c1sc(-c2ccc(C)o2)nc1C)C(=O)O. The maximum Gasteiger partial charge on any atom is 0.311 e. The lowest BCUT2D eigenvalue weighted by Gasteiger charge is -2.26. The second-order valence-electron chi connectivity index (χ2n) is 5.82. The fraction of sp³-hybridized carbons (Fsp3) is 0.471. The molecule has 2 rings (SSSR count). The van der Waals surface area contributed by atoms with Gasteiger partial charge in [0.15, 0.2) is 10.8 Å². The molecule has 130 valence electrons. The fourth-order valence-corrected chi connectivity index (χ4v) is 3.41. The Morgan fingerprint density at radius 3 is 2.46 bits per heavy atom. The van der Waals surface area contributed by atoms with Gasteiger partial charge in [0.25, 0.3) is 5.91 Å². The second-order valence-corrected chi connectivity index (χ2v) is 6.82. The van der Waals surface area contributed by atoms with Crippen molar-refractivity contribution in [3.05, 3.63) is 28.5 Å². The Morgan fingerprint density at radius 2 is 1.96 bits per heavy atom. The molecule has 2 aromatic rings. The number of nitrogens with one attached hydrogen (secondary N) is 1. The quantitative estimate of drug-likeness (QED) is 0.795. The van der Waals surface area contributed by atoms with Crippen molar-refractivity contribution in [3.8, 4) is 10.8 Å². The molecule has 0 atom stereocenters. The number of hydrogen-bond acceptors (Lipinski definition) is 5. The number of carboxylic acids is 1. The predicted octanol–water partition coefficient (Wildman–Crippen LogP) is 3.64. The molecule has 0 saturated carbocycles. The molecule has 0 aliphatic carbocycles. The summed E-state index contributed by atoms with van der Waals surface area (Å²) in [7, 11) is 0. The topological polar surface area (TPSA) is 92.4 Å². The van der Waals surface area contributed by atoms with Gasteiger partial charge < -0.3 is 14.8 Å². The summed E-state index contributed by atoms with van der Waals surface area (Å²) in [6, 6.07) is 3.66. The molecule has 6 nitrogen and oxygen atoms in total. The number of nitrogens with zero attached hydrogens (tertiary/aromatic N) is 1. The number of rotatable bonds is 7. The lowest BCUT2D eigenvalue weighted by molar-refractivity contribution is -0.149. The minimum Gasteiger partial charge on any atom is -0.481 e. The van der Waals surface area contributed by atoms with Gasteiger partial charge >= 0.3 is 5.97 Å². The van der Waals surface area contributed by atoms with Crippen LogP contribution < -0.4 is 5.32 Å². The van der Waals surface area contributed by atoms with E-state index >= 15 is 0 Å². The number of aromatic nitrogens is 1. The number of aryl methyl sites for hydroxylation is 2. The molecule has 0 radical (unpaired) electrons. The summed E-state index contributed by atoms with van der Waals surface area (Å²) in [5, 5.41) is 12.8. The van der Waals surface area contributed by atoms with Gasteiger partial charge in [-0.2, -0.15) is 0 Å². The maximum absolute atomic E-state index is 12.5. The molecule has 0 saturated heterocycles. The van der Waals surface area contributed by atoms with E-state index in [0.29, 0.717) is 34.2 Å². The number of thiazole rings is 1. The molecule has 2 aromatic heterocycles. The average molecular weight is 350 g/mol. The molecule has 0 unspecified atom stereocenters. The molecule has 0 spiro atoms. The maximum atomic E-state index is 12.5. The highest BCUT2D eigenvalue weighted by Crippen LogP contribution is 2.30. The minimum absolute atomic E-state index is 0.0979. The van der Waals surface area contributed by atoms with E-state index < -0.39 is 11.4 Å². The van der Waals surface area contributed by atoms with E-state index in [0.717, 1.165) is 5.76 Å². The van der Waals surface area contributed by atoms with Crippen molar-refractivity contribution in [2.45, 2.75) is 40.5 Å². The van der Waals surface area contributed by atoms with E-state index in [4.69, 9.17) is 4.42 Å². The van der Waals surface area contributed by atoms with Gasteiger partial charge in [0, 0.05) is 6.54 Å². The molecule has 0 fully saturated rings. The van der Waals surface area contributed by atoms with Gasteiger partial charge in [-0.05, 0) is 38.8 Å². The van der Waals surface area contributed by atoms with Crippen LogP contribution in [0.5, 0.6) is 0 Å². The van der Waals surface area contributed by atoms with Gasteiger partial charge in [-0.1, -0.05) is 13.8 Å². The van der Waals surface area contributed by atoms with E-state index in [-0.39, 0.29) is 12.5 Å². The van der Waals surface area contributed by atoms with Crippen molar-refractivity contribution in [1.29, 1.82) is 0 Å². The highest BCUT2D eigenvalue weighted by Gasteiger charge is 2.35. The Morgan fingerprint density at radius 1 is 1.29 bits per heavy atom. The zero-order chi connectivity index (χ0) is 17.9. The smallest absolute Gasteiger partial charge is 0.311 e. The fourth-order valence-electron chi connectivity index (χ4n) is 2.47. The normalized spacial score (nSPS) is 11.5. The van der Waals surface area contributed by atoms with Crippen LogP contribution in [0.1, 0.15) is 47.8 Å². The van der Waals surface area contributed by atoms with Crippen LogP contribution >= 0.6 is 11.3 Å². The van der Waals surface area contributed by atoms with Crippen LogP contribution in [0.25, 0.3) is 10.8 Å². The number of carbonyl (C=O) groups excluding carboxylic acids is 1. The summed E-state index contributed by atoms with van der Waals surface area (Å²) in [6.07, 6.45) is 0.912. The molecule has 24 heavy (non-hydrogen) atoms. The molecular weight excluding hydrogens is 328 g/mol. The first-order chi connectivity index (χ1) is 11.3. The van der Waals surface area contributed by atoms with Crippen molar-refractivity contribution in [2.24, 2.45) is 5.41 Å². The predicted molar refractivity (Wildman–Crippen MR) is 92.3 cm³/mol. The molecule has 7 heteroatoms.